The number of hydrogen-bond donors (Lipinski definition) is 0. The third-order valence-corrected chi connectivity index (χ3v) is 9.64. The molecule has 2 aromatic heterocycles. The van der Waals surface area contributed by atoms with Crippen LogP contribution in [0.4, 0.5) is 8.78 Å². The van der Waals surface area contributed by atoms with Gasteiger partial charge in [-0.2, -0.15) is 9.40 Å². The molecule has 0 spiro atoms. The molecule has 1 saturated heterocycles. The number of aryl methyl sites for hydroxylation is 2. The highest BCUT2D eigenvalue weighted by Gasteiger charge is 2.51. The van der Waals surface area contributed by atoms with Crippen molar-refractivity contribution < 1.29 is 22.0 Å². The van der Waals surface area contributed by atoms with Crippen LogP contribution >= 0.6 is 0 Å². The molecule has 3 heterocycles. The van der Waals surface area contributed by atoms with Gasteiger partial charge in [0.2, 0.25) is 10.0 Å². The molecule has 0 bridgehead atoms. The van der Waals surface area contributed by atoms with Crippen molar-refractivity contribution in [1.29, 1.82) is 0 Å². The highest BCUT2D eigenvalue weighted by molar-refractivity contribution is 7.89. The fourth-order valence-corrected chi connectivity index (χ4v) is 7.23. The number of sulfonamides is 1. The number of benzene rings is 2. The maximum atomic E-state index is 14.3. The Balaban J connectivity index is 1.46. The molecular weight excluding hydrogens is 534 g/mol. The lowest BCUT2D eigenvalue weighted by molar-refractivity contribution is 0.0770. The van der Waals surface area contributed by atoms with E-state index in [9.17, 15) is 22.0 Å². The molecule has 0 radical (unpaired) electrons. The molecule has 1 aliphatic carbocycles. The van der Waals surface area contributed by atoms with E-state index in [2.05, 4.69) is 10.1 Å². The zero-order valence-electron chi connectivity index (χ0n) is 21.9. The minimum Gasteiger partial charge on any atom is -0.291 e. The molecule has 1 atom stereocenters. The normalized spacial score (nSPS) is 19.1. The number of fused-ring (bicyclic) bond motifs is 2. The number of ketones is 1. The molecule has 1 fully saturated rings. The van der Waals surface area contributed by atoms with Gasteiger partial charge in [0.15, 0.2) is 5.78 Å². The SMILES string of the molecule is Cc1ccnc(C(=O)C23Cc4cnn(-c5ccc(F)cc5)c4C=C2CCN(S(=O)(=O)c2ccc(F)c(C)c2)C3)c1. The van der Waals surface area contributed by atoms with Gasteiger partial charge in [0.25, 0.3) is 0 Å². The lowest BCUT2D eigenvalue weighted by atomic mass is 9.65. The summed E-state index contributed by atoms with van der Waals surface area (Å²) in [5.41, 5.74) is 3.15. The van der Waals surface area contributed by atoms with Gasteiger partial charge in [0.1, 0.15) is 17.3 Å². The van der Waals surface area contributed by atoms with E-state index in [-0.39, 0.29) is 47.3 Å². The second-order valence-electron chi connectivity index (χ2n) is 10.4. The summed E-state index contributed by atoms with van der Waals surface area (Å²) in [5, 5.41) is 4.52. The van der Waals surface area contributed by atoms with Crippen molar-refractivity contribution in [3.63, 3.8) is 0 Å². The number of rotatable bonds is 5. The van der Waals surface area contributed by atoms with Crippen molar-refractivity contribution in [3.05, 3.63) is 112 Å². The number of halogens is 2. The summed E-state index contributed by atoms with van der Waals surface area (Å²) in [6.07, 6.45) is 5.68. The topological polar surface area (TPSA) is 85.2 Å². The standard InChI is InChI=1S/C30H26F2N4O3S/c1-19-9-11-33-27(13-19)29(37)30-16-21-17-34-36(24-5-3-23(31)4-6-24)28(21)15-22(30)10-12-35(18-30)40(38,39)25-7-8-26(32)20(2)14-25/h3-9,11,13-15,17H,10,12,16,18H2,1-2H3. The largest absolute Gasteiger partial charge is 0.291 e. The number of hydrogen-bond acceptors (Lipinski definition) is 5. The maximum Gasteiger partial charge on any atom is 0.243 e. The van der Waals surface area contributed by atoms with Gasteiger partial charge in [-0.15, -0.1) is 0 Å². The van der Waals surface area contributed by atoms with Crippen LogP contribution in [0.2, 0.25) is 0 Å². The van der Waals surface area contributed by atoms with Crippen LogP contribution < -0.4 is 0 Å². The van der Waals surface area contributed by atoms with Crippen molar-refractivity contribution in [1.82, 2.24) is 19.1 Å². The monoisotopic (exact) mass is 560 g/mol. The summed E-state index contributed by atoms with van der Waals surface area (Å²) in [5.74, 6) is -1.11. The van der Waals surface area contributed by atoms with Crippen LogP contribution in [-0.2, 0) is 16.4 Å². The third-order valence-electron chi connectivity index (χ3n) is 7.80. The van der Waals surface area contributed by atoms with Gasteiger partial charge in [-0.1, -0.05) is 5.57 Å². The Bertz CT molecular complexity index is 1800. The Kier molecular flexibility index (Phi) is 6.27. The Morgan fingerprint density at radius 1 is 1.02 bits per heavy atom. The van der Waals surface area contributed by atoms with Gasteiger partial charge in [0, 0.05) is 19.3 Å². The first-order chi connectivity index (χ1) is 19.1. The number of carbonyl (C=O) groups is 1. The van der Waals surface area contributed by atoms with Crippen LogP contribution in [0.15, 0.2) is 77.5 Å². The van der Waals surface area contributed by atoms with Gasteiger partial charge < -0.3 is 0 Å². The Morgan fingerprint density at radius 2 is 1.80 bits per heavy atom. The molecule has 40 heavy (non-hydrogen) atoms. The minimum absolute atomic E-state index is 0.0178. The van der Waals surface area contributed by atoms with Crippen LogP contribution in [0.3, 0.4) is 0 Å². The summed E-state index contributed by atoms with van der Waals surface area (Å²) in [6, 6.07) is 13.2. The van der Waals surface area contributed by atoms with Gasteiger partial charge in [-0.3, -0.25) is 9.78 Å². The molecular formula is C30H26F2N4O3S. The predicted molar refractivity (Wildman–Crippen MR) is 145 cm³/mol. The van der Waals surface area contributed by atoms with Crippen LogP contribution in [0.1, 0.15) is 39.3 Å². The van der Waals surface area contributed by atoms with Crippen molar-refractivity contribution in [2.24, 2.45) is 5.41 Å². The fourth-order valence-electron chi connectivity index (χ4n) is 5.64. The Hall–Kier alpha value is -4.02. The number of nitrogens with zero attached hydrogens (tertiary/aromatic N) is 4. The van der Waals surface area contributed by atoms with Crippen LogP contribution in [0.5, 0.6) is 0 Å². The first-order valence-corrected chi connectivity index (χ1v) is 14.3. The van der Waals surface area contributed by atoms with E-state index in [1.54, 1.807) is 41.3 Å². The summed E-state index contributed by atoms with van der Waals surface area (Å²) in [6.45, 7) is 3.45. The van der Waals surface area contributed by atoms with E-state index in [4.69, 9.17) is 0 Å². The van der Waals surface area contributed by atoms with Crippen LogP contribution in [0, 0.1) is 30.9 Å². The molecule has 1 aliphatic heterocycles. The van der Waals surface area contributed by atoms with Gasteiger partial charge in [-0.05, 0) is 104 Å². The summed E-state index contributed by atoms with van der Waals surface area (Å²) >= 11 is 0. The Morgan fingerprint density at radius 3 is 2.52 bits per heavy atom. The van der Waals surface area contributed by atoms with E-state index < -0.39 is 21.3 Å². The first-order valence-electron chi connectivity index (χ1n) is 12.9. The molecule has 7 nitrogen and oxygen atoms in total. The van der Waals surface area contributed by atoms with Crippen molar-refractivity contribution in [3.8, 4) is 5.69 Å². The average molecular weight is 561 g/mol. The first kappa shape index (κ1) is 26.2. The summed E-state index contributed by atoms with van der Waals surface area (Å²) in [4.78, 5) is 18.6. The maximum absolute atomic E-state index is 14.3. The Labute approximate surface area is 230 Å². The molecule has 2 aliphatic rings. The summed E-state index contributed by atoms with van der Waals surface area (Å²) in [7, 11) is -4.02. The fraction of sp³-hybridized carbons (Fsp3) is 0.233. The van der Waals surface area contributed by atoms with Crippen molar-refractivity contribution in [2.75, 3.05) is 13.1 Å². The van der Waals surface area contributed by atoms with Crippen LogP contribution in [0.25, 0.3) is 11.8 Å². The molecule has 10 heteroatoms. The lowest BCUT2D eigenvalue weighted by Gasteiger charge is -2.44. The summed E-state index contributed by atoms with van der Waals surface area (Å²) < 4.78 is 58.0. The number of aromatic nitrogens is 3. The molecule has 4 aromatic rings. The molecule has 0 amide bonds. The molecule has 0 N–H and O–H groups in total. The molecule has 0 saturated carbocycles. The van der Waals surface area contributed by atoms with Crippen molar-refractivity contribution >= 4 is 21.9 Å². The van der Waals surface area contributed by atoms with E-state index >= 15 is 0 Å². The third kappa shape index (κ3) is 4.28. The average Bonchev–Trinajstić information content (AvgIpc) is 3.35. The molecule has 6 rings (SSSR count). The van der Waals surface area contributed by atoms with Crippen LogP contribution in [-0.4, -0.2) is 46.4 Å². The quantitative estimate of drug-likeness (QED) is 0.319. The zero-order chi connectivity index (χ0) is 28.2. The zero-order valence-corrected chi connectivity index (χ0v) is 22.8. The van der Waals surface area contributed by atoms with Gasteiger partial charge in [-0.25, -0.2) is 21.9 Å². The van der Waals surface area contributed by atoms with Gasteiger partial charge in [0.05, 0.1) is 27.9 Å². The van der Waals surface area contributed by atoms with Crippen molar-refractivity contribution in [2.45, 2.75) is 31.6 Å². The second-order valence-corrected chi connectivity index (χ2v) is 12.4. The number of pyridine rings is 1. The highest BCUT2D eigenvalue weighted by Crippen LogP contribution is 2.47. The van der Waals surface area contributed by atoms with Gasteiger partial charge >= 0.3 is 0 Å². The molecule has 1 unspecified atom stereocenters. The highest BCUT2D eigenvalue weighted by atomic mass is 32.2. The van der Waals surface area contributed by atoms with E-state index in [1.165, 1.54) is 35.5 Å². The minimum atomic E-state index is -4.02. The van der Waals surface area contributed by atoms with E-state index in [1.807, 2.05) is 13.0 Å². The predicted octanol–water partition coefficient (Wildman–Crippen LogP) is 5.07. The smallest absolute Gasteiger partial charge is 0.243 e. The lowest BCUT2D eigenvalue weighted by Crippen LogP contribution is -2.53. The molecule has 204 valence electrons. The van der Waals surface area contributed by atoms with E-state index in [0.29, 0.717) is 12.1 Å². The molecule has 2 aromatic carbocycles. The van der Waals surface area contributed by atoms with E-state index in [0.717, 1.165) is 28.5 Å². The number of Topliss-reactive ketones (excluding diaryl/α,β-unsaturated/α-hetero) is 1. The number of piperidine rings is 1. The number of carbonyl (C=O) groups excluding carboxylic acids is 1. The second kappa shape index (κ2) is 9.57.